The summed E-state index contributed by atoms with van der Waals surface area (Å²) >= 11 is 0. The first kappa shape index (κ1) is 13.1. The highest BCUT2D eigenvalue weighted by Crippen LogP contribution is 2.38. The van der Waals surface area contributed by atoms with E-state index in [0.717, 1.165) is 25.7 Å². The number of nitrogens with one attached hydrogen (secondary N) is 1. The maximum atomic E-state index is 12.8. The van der Waals surface area contributed by atoms with E-state index in [4.69, 9.17) is 0 Å². The summed E-state index contributed by atoms with van der Waals surface area (Å²) in [5.41, 5.74) is 0.407. The molecule has 5 heteroatoms. The van der Waals surface area contributed by atoms with Gasteiger partial charge in [-0.05, 0) is 25.0 Å². The number of nitrogens with zero attached hydrogens (tertiary/aromatic N) is 2. The molecule has 1 fully saturated rings. The van der Waals surface area contributed by atoms with Gasteiger partial charge in [-0.25, -0.2) is 9.78 Å². The standard InChI is InChI=1S/C15H18FN3O/c16-13-6-5-12(11-17-13)18-14(20)19-10-4-9-15(19)7-2-1-3-8-15/h4-6,9,11H,1-3,7-8,10H2,(H,18,20). The predicted octanol–water partition coefficient (Wildman–Crippen LogP) is 3.33. The van der Waals surface area contributed by atoms with E-state index >= 15 is 0 Å². The second kappa shape index (κ2) is 5.23. The first-order valence-corrected chi connectivity index (χ1v) is 7.08. The molecular formula is C15H18FN3O. The average molecular weight is 275 g/mol. The van der Waals surface area contributed by atoms with E-state index in [1.165, 1.54) is 24.8 Å². The average Bonchev–Trinajstić information content (AvgIpc) is 2.85. The molecule has 1 N–H and O–H groups in total. The first-order chi connectivity index (χ1) is 9.70. The Morgan fingerprint density at radius 3 is 2.80 bits per heavy atom. The summed E-state index contributed by atoms with van der Waals surface area (Å²) in [6.45, 7) is 0.639. The summed E-state index contributed by atoms with van der Waals surface area (Å²) < 4.78 is 12.8. The Labute approximate surface area is 117 Å². The summed E-state index contributed by atoms with van der Waals surface area (Å²) in [5, 5.41) is 2.80. The molecule has 0 aromatic carbocycles. The van der Waals surface area contributed by atoms with Gasteiger partial charge in [0.2, 0.25) is 5.95 Å². The van der Waals surface area contributed by atoms with Crippen molar-refractivity contribution < 1.29 is 9.18 Å². The van der Waals surface area contributed by atoms with E-state index in [-0.39, 0.29) is 11.6 Å². The molecule has 3 rings (SSSR count). The van der Waals surface area contributed by atoms with E-state index in [2.05, 4.69) is 22.5 Å². The highest BCUT2D eigenvalue weighted by atomic mass is 19.1. The van der Waals surface area contributed by atoms with Crippen molar-refractivity contribution in [2.24, 2.45) is 0 Å². The van der Waals surface area contributed by atoms with Crippen LogP contribution in [0.1, 0.15) is 32.1 Å². The maximum absolute atomic E-state index is 12.8. The lowest BCUT2D eigenvalue weighted by Gasteiger charge is -2.40. The summed E-state index contributed by atoms with van der Waals surface area (Å²) in [6, 6.07) is 2.64. The Morgan fingerprint density at radius 2 is 2.10 bits per heavy atom. The van der Waals surface area contributed by atoms with Gasteiger partial charge in [0, 0.05) is 6.54 Å². The largest absolute Gasteiger partial charge is 0.322 e. The Balaban J connectivity index is 1.72. The number of hydrogen-bond donors (Lipinski definition) is 1. The highest BCUT2D eigenvalue weighted by Gasteiger charge is 2.40. The number of urea groups is 1. The molecule has 2 heterocycles. The fraction of sp³-hybridized carbons (Fsp3) is 0.467. The van der Waals surface area contributed by atoms with Gasteiger partial charge in [0.1, 0.15) is 0 Å². The van der Waals surface area contributed by atoms with Gasteiger partial charge < -0.3 is 10.2 Å². The molecule has 1 aliphatic carbocycles. The molecule has 0 saturated heterocycles. The highest BCUT2D eigenvalue weighted by molar-refractivity contribution is 5.90. The van der Waals surface area contributed by atoms with Gasteiger partial charge in [0.25, 0.3) is 0 Å². The number of amides is 2. The zero-order valence-corrected chi connectivity index (χ0v) is 11.3. The number of carbonyl (C=O) groups is 1. The molecule has 4 nitrogen and oxygen atoms in total. The van der Waals surface area contributed by atoms with E-state index in [0.29, 0.717) is 12.2 Å². The third kappa shape index (κ3) is 2.40. The van der Waals surface area contributed by atoms with Crippen LogP contribution in [0.3, 0.4) is 0 Å². The lowest BCUT2D eigenvalue weighted by Crippen LogP contribution is -2.50. The van der Waals surface area contributed by atoms with Gasteiger partial charge in [-0.2, -0.15) is 4.39 Å². The van der Waals surface area contributed by atoms with Crippen molar-refractivity contribution >= 4 is 11.7 Å². The van der Waals surface area contributed by atoms with Crippen LogP contribution in [0.15, 0.2) is 30.5 Å². The molecule has 20 heavy (non-hydrogen) atoms. The SMILES string of the molecule is O=C(Nc1ccc(F)nc1)N1CC=CC12CCCCC2. The van der Waals surface area contributed by atoms with E-state index < -0.39 is 5.95 Å². The van der Waals surface area contributed by atoms with Crippen molar-refractivity contribution in [3.05, 3.63) is 36.4 Å². The van der Waals surface area contributed by atoms with Gasteiger partial charge >= 0.3 is 6.03 Å². The first-order valence-electron chi connectivity index (χ1n) is 7.08. The molecule has 0 unspecified atom stereocenters. The molecule has 1 aromatic rings. The normalized spacial score (nSPS) is 20.4. The van der Waals surface area contributed by atoms with Crippen molar-refractivity contribution in [3.8, 4) is 0 Å². The summed E-state index contributed by atoms with van der Waals surface area (Å²) in [7, 11) is 0. The number of halogens is 1. The van der Waals surface area contributed by atoms with Gasteiger partial charge in [-0.3, -0.25) is 0 Å². The molecule has 1 saturated carbocycles. The Morgan fingerprint density at radius 1 is 1.30 bits per heavy atom. The van der Waals surface area contributed by atoms with Crippen LogP contribution >= 0.6 is 0 Å². The lowest BCUT2D eigenvalue weighted by molar-refractivity contribution is 0.143. The lowest BCUT2D eigenvalue weighted by atomic mass is 9.81. The van der Waals surface area contributed by atoms with E-state index in [9.17, 15) is 9.18 Å². The third-order valence-corrected chi connectivity index (χ3v) is 4.20. The number of hydrogen-bond acceptors (Lipinski definition) is 2. The molecule has 0 atom stereocenters. The molecule has 2 aliphatic rings. The Kier molecular flexibility index (Phi) is 3.42. The predicted molar refractivity (Wildman–Crippen MR) is 74.9 cm³/mol. The topological polar surface area (TPSA) is 45.2 Å². The fourth-order valence-electron chi connectivity index (χ4n) is 3.18. The second-order valence-corrected chi connectivity index (χ2v) is 5.48. The van der Waals surface area contributed by atoms with Crippen LogP contribution < -0.4 is 5.32 Å². The molecule has 0 bridgehead atoms. The quantitative estimate of drug-likeness (QED) is 0.631. The van der Waals surface area contributed by atoms with Gasteiger partial charge in [0.05, 0.1) is 17.4 Å². The van der Waals surface area contributed by atoms with Crippen molar-refractivity contribution in [1.82, 2.24) is 9.88 Å². The number of pyridine rings is 1. The molecule has 2 amide bonds. The van der Waals surface area contributed by atoms with Crippen molar-refractivity contribution in [2.75, 3.05) is 11.9 Å². The summed E-state index contributed by atoms with van der Waals surface area (Å²) in [5.74, 6) is -0.547. The van der Waals surface area contributed by atoms with Crippen molar-refractivity contribution in [3.63, 3.8) is 0 Å². The summed E-state index contributed by atoms with van der Waals surface area (Å²) in [6.07, 6.45) is 11.2. The minimum absolute atomic E-state index is 0.115. The molecular weight excluding hydrogens is 257 g/mol. The Hall–Kier alpha value is -1.91. The van der Waals surface area contributed by atoms with Crippen LogP contribution in [0.5, 0.6) is 0 Å². The number of carbonyl (C=O) groups excluding carboxylic acids is 1. The number of anilines is 1. The molecule has 1 aliphatic heterocycles. The second-order valence-electron chi connectivity index (χ2n) is 5.48. The monoisotopic (exact) mass is 275 g/mol. The molecule has 0 radical (unpaired) electrons. The minimum atomic E-state index is -0.547. The van der Waals surface area contributed by atoms with E-state index in [1.807, 2.05) is 4.90 Å². The molecule has 1 spiro atoms. The van der Waals surface area contributed by atoms with Crippen LogP contribution in [0.2, 0.25) is 0 Å². The third-order valence-electron chi connectivity index (χ3n) is 4.20. The van der Waals surface area contributed by atoms with Gasteiger partial charge in [-0.15, -0.1) is 0 Å². The van der Waals surface area contributed by atoms with Crippen molar-refractivity contribution in [1.29, 1.82) is 0 Å². The van der Waals surface area contributed by atoms with Crippen LogP contribution in [-0.2, 0) is 0 Å². The molecule has 1 aromatic heterocycles. The minimum Gasteiger partial charge on any atom is -0.312 e. The molecule has 106 valence electrons. The van der Waals surface area contributed by atoms with E-state index in [1.54, 1.807) is 0 Å². The van der Waals surface area contributed by atoms with Crippen LogP contribution in [-0.4, -0.2) is 28.0 Å². The van der Waals surface area contributed by atoms with Crippen LogP contribution in [0.4, 0.5) is 14.9 Å². The Bertz CT molecular complexity index is 520. The van der Waals surface area contributed by atoms with Crippen LogP contribution in [0, 0.1) is 5.95 Å². The smallest absolute Gasteiger partial charge is 0.312 e. The maximum Gasteiger partial charge on any atom is 0.322 e. The van der Waals surface area contributed by atoms with Crippen molar-refractivity contribution in [2.45, 2.75) is 37.6 Å². The van der Waals surface area contributed by atoms with Crippen LogP contribution in [0.25, 0.3) is 0 Å². The van der Waals surface area contributed by atoms with Gasteiger partial charge in [0.15, 0.2) is 0 Å². The summed E-state index contributed by atoms with van der Waals surface area (Å²) in [4.78, 5) is 17.9. The van der Waals surface area contributed by atoms with Gasteiger partial charge in [-0.1, -0.05) is 31.4 Å². The zero-order valence-electron chi connectivity index (χ0n) is 11.3. The number of rotatable bonds is 1. The zero-order chi connectivity index (χ0) is 14.0. The number of aromatic nitrogens is 1. The fourth-order valence-corrected chi connectivity index (χ4v) is 3.18.